The van der Waals surface area contributed by atoms with Gasteiger partial charge in [-0.3, -0.25) is 9.98 Å². The van der Waals surface area contributed by atoms with Crippen molar-refractivity contribution in [2.45, 2.75) is 27.7 Å². The lowest BCUT2D eigenvalue weighted by Gasteiger charge is -2.10. The maximum Gasteiger partial charge on any atom is 0.230 e. The van der Waals surface area contributed by atoms with Crippen LogP contribution in [0.4, 0.5) is 0 Å². The van der Waals surface area contributed by atoms with Crippen LogP contribution in [0.1, 0.15) is 26.0 Å². The molecule has 6 nitrogen and oxygen atoms in total. The number of ether oxygens (including phenoxy) is 2. The van der Waals surface area contributed by atoms with E-state index in [-0.39, 0.29) is 46.5 Å². The average Bonchev–Trinajstić information content (AvgIpc) is 3.39. The van der Waals surface area contributed by atoms with E-state index in [1.807, 2.05) is 24.3 Å². The number of nitrogens with one attached hydrogen (secondary N) is 2. The zero-order chi connectivity index (χ0) is 18.3. The first-order valence-electron chi connectivity index (χ1n) is 9.33. The summed E-state index contributed by atoms with van der Waals surface area (Å²) in [6.45, 7) is 3.82. The molecule has 0 unspecified atom stereocenters. The van der Waals surface area contributed by atoms with Crippen molar-refractivity contribution in [1.29, 1.82) is 0 Å². The highest BCUT2D eigenvalue weighted by Gasteiger charge is 2.07. The molecule has 4 rings (SSSR count). The molecule has 0 bridgehead atoms. The van der Waals surface area contributed by atoms with Crippen molar-refractivity contribution < 1.29 is 9.47 Å². The zero-order valence-electron chi connectivity index (χ0n) is 16.1. The van der Waals surface area contributed by atoms with Crippen LogP contribution in [-0.2, 0) is 12.8 Å². The van der Waals surface area contributed by atoms with E-state index in [9.17, 15) is 0 Å². The first-order chi connectivity index (χ1) is 13.3. The normalized spacial score (nSPS) is 13.5. The average molecular weight is 469 g/mol. The summed E-state index contributed by atoms with van der Waals surface area (Å²) < 4.78 is 11.4. The Balaban J connectivity index is 0.00000225. The van der Waals surface area contributed by atoms with Crippen LogP contribution in [0.2, 0.25) is 0 Å². The van der Waals surface area contributed by atoms with E-state index in [1.165, 1.54) is 11.1 Å². The van der Waals surface area contributed by atoms with E-state index in [4.69, 9.17) is 9.47 Å². The van der Waals surface area contributed by atoms with Crippen LogP contribution in [0.3, 0.4) is 0 Å². The molecule has 0 spiro atoms. The third-order valence-corrected chi connectivity index (χ3v) is 4.53. The van der Waals surface area contributed by atoms with Gasteiger partial charge in [-0.05, 0) is 35.4 Å². The third-order valence-electron chi connectivity index (χ3n) is 4.53. The Bertz CT molecular complexity index is 755. The Kier molecular flexibility index (Phi) is 13.4. The monoisotopic (exact) mass is 468 g/mol. The van der Waals surface area contributed by atoms with Crippen LogP contribution in [0.5, 0.6) is 11.5 Å². The molecule has 0 atom stereocenters. The maximum absolute atomic E-state index is 5.68. The highest BCUT2D eigenvalue weighted by atomic mass is 35.5. The SMILES string of the molecule is C.C.Cl.Cl.c1cc(OCOc2ccc(CC3=NCCN3)cc2)ccc1CC1=NCCN1. The molecule has 2 aliphatic rings. The maximum atomic E-state index is 5.68. The molecule has 0 saturated heterocycles. The fourth-order valence-corrected chi connectivity index (χ4v) is 3.09. The summed E-state index contributed by atoms with van der Waals surface area (Å²) in [6.07, 6.45) is 1.68. The summed E-state index contributed by atoms with van der Waals surface area (Å²) in [5, 5.41) is 6.57. The second-order valence-corrected chi connectivity index (χ2v) is 6.56. The van der Waals surface area contributed by atoms with Gasteiger partial charge in [0.1, 0.15) is 23.2 Å². The second kappa shape index (κ2) is 14.5. The number of nitrogens with zero attached hydrogens (tertiary/aromatic N) is 2. The molecule has 8 heteroatoms. The van der Waals surface area contributed by atoms with Gasteiger partial charge in [-0.15, -0.1) is 24.8 Å². The molecule has 0 amide bonds. The van der Waals surface area contributed by atoms with E-state index in [2.05, 4.69) is 44.9 Å². The Morgan fingerprint density at radius 1 is 0.645 bits per heavy atom. The fourth-order valence-electron chi connectivity index (χ4n) is 3.09. The van der Waals surface area contributed by atoms with Crippen LogP contribution >= 0.6 is 24.8 Å². The molecule has 2 aromatic rings. The van der Waals surface area contributed by atoms with Crippen molar-refractivity contribution in [2.24, 2.45) is 9.98 Å². The van der Waals surface area contributed by atoms with Gasteiger partial charge in [-0.1, -0.05) is 39.1 Å². The Hall–Kier alpha value is -2.44. The summed E-state index contributed by atoms with van der Waals surface area (Å²) in [5.41, 5.74) is 2.43. The minimum Gasteiger partial charge on any atom is -0.458 e. The number of hydrogen-bond acceptors (Lipinski definition) is 6. The predicted octanol–water partition coefficient (Wildman–Crippen LogP) is 4.31. The summed E-state index contributed by atoms with van der Waals surface area (Å²) in [6, 6.07) is 16.1. The molecular formula is C23H34Cl2N4O2. The van der Waals surface area contributed by atoms with Crippen molar-refractivity contribution in [3.8, 4) is 11.5 Å². The number of halogens is 2. The minimum atomic E-state index is 0. The van der Waals surface area contributed by atoms with E-state index in [0.717, 1.165) is 62.2 Å². The van der Waals surface area contributed by atoms with Gasteiger partial charge in [0.05, 0.1) is 13.1 Å². The van der Waals surface area contributed by atoms with Gasteiger partial charge in [0.2, 0.25) is 6.79 Å². The van der Waals surface area contributed by atoms with Gasteiger partial charge in [0.25, 0.3) is 0 Å². The molecule has 31 heavy (non-hydrogen) atoms. The lowest BCUT2D eigenvalue weighted by Crippen LogP contribution is -2.20. The van der Waals surface area contributed by atoms with Gasteiger partial charge in [0.15, 0.2) is 0 Å². The molecule has 0 aromatic heterocycles. The lowest BCUT2D eigenvalue weighted by molar-refractivity contribution is 0.120. The number of amidine groups is 2. The summed E-state index contributed by atoms with van der Waals surface area (Å²) in [5.74, 6) is 3.71. The van der Waals surface area contributed by atoms with Crippen LogP contribution in [0.15, 0.2) is 58.5 Å². The third kappa shape index (κ3) is 8.67. The number of hydrogen-bond donors (Lipinski definition) is 2. The van der Waals surface area contributed by atoms with Crippen LogP contribution < -0.4 is 20.1 Å². The largest absolute Gasteiger partial charge is 0.458 e. The fraction of sp³-hybridized carbons (Fsp3) is 0.391. The van der Waals surface area contributed by atoms with Gasteiger partial charge >= 0.3 is 0 Å². The first kappa shape index (κ1) is 28.6. The number of rotatable bonds is 8. The molecule has 0 fully saturated rings. The molecule has 2 aromatic carbocycles. The molecule has 0 aliphatic carbocycles. The van der Waals surface area contributed by atoms with Crippen LogP contribution in [0, 0.1) is 0 Å². The number of aliphatic imine (C=N–C) groups is 2. The molecule has 2 aliphatic heterocycles. The highest BCUT2D eigenvalue weighted by molar-refractivity contribution is 5.86. The molecule has 0 saturated carbocycles. The van der Waals surface area contributed by atoms with Crippen molar-refractivity contribution >= 4 is 36.5 Å². The molecule has 2 N–H and O–H groups in total. The van der Waals surface area contributed by atoms with Crippen molar-refractivity contribution in [1.82, 2.24) is 10.6 Å². The number of benzene rings is 2. The topological polar surface area (TPSA) is 67.2 Å². The Morgan fingerprint density at radius 2 is 1.03 bits per heavy atom. The van der Waals surface area contributed by atoms with Crippen LogP contribution in [0.25, 0.3) is 0 Å². The van der Waals surface area contributed by atoms with E-state index in [0.29, 0.717) is 0 Å². The van der Waals surface area contributed by atoms with Gasteiger partial charge in [-0.2, -0.15) is 0 Å². The summed E-state index contributed by atoms with van der Waals surface area (Å²) in [7, 11) is 0. The smallest absolute Gasteiger partial charge is 0.230 e. The van der Waals surface area contributed by atoms with Crippen LogP contribution in [-0.4, -0.2) is 44.6 Å². The Morgan fingerprint density at radius 3 is 1.35 bits per heavy atom. The van der Waals surface area contributed by atoms with Gasteiger partial charge in [-0.25, -0.2) is 0 Å². The molecule has 2 heterocycles. The summed E-state index contributed by atoms with van der Waals surface area (Å²) in [4.78, 5) is 8.83. The van der Waals surface area contributed by atoms with Crippen molar-refractivity contribution in [3.05, 3.63) is 59.7 Å². The summed E-state index contributed by atoms with van der Waals surface area (Å²) >= 11 is 0. The van der Waals surface area contributed by atoms with E-state index in [1.54, 1.807) is 0 Å². The molecule has 172 valence electrons. The zero-order valence-corrected chi connectivity index (χ0v) is 17.7. The lowest BCUT2D eigenvalue weighted by atomic mass is 10.1. The van der Waals surface area contributed by atoms with E-state index < -0.39 is 0 Å². The standard InChI is InChI=1S/C21H24N4O2.2CH4.2ClH/c1-5-18(6-2-16(1)13-20-22-9-10-23-20)26-15-27-19-7-3-17(4-8-19)14-21-24-11-12-25-21;;;;/h1-8H,9-15H2,(H,22,23)(H,24,25);2*1H4;2*1H. The highest BCUT2D eigenvalue weighted by Crippen LogP contribution is 2.16. The molecule has 0 radical (unpaired) electrons. The second-order valence-electron chi connectivity index (χ2n) is 6.56. The van der Waals surface area contributed by atoms with Gasteiger partial charge < -0.3 is 20.1 Å². The van der Waals surface area contributed by atoms with Gasteiger partial charge in [0, 0.05) is 25.9 Å². The Labute approximate surface area is 198 Å². The minimum absolute atomic E-state index is 0. The van der Waals surface area contributed by atoms with E-state index >= 15 is 0 Å². The first-order valence-corrected chi connectivity index (χ1v) is 9.33. The van der Waals surface area contributed by atoms with Crippen molar-refractivity contribution in [3.63, 3.8) is 0 Å². The quantitative estimate of drug-likeness (QED) is 0.566. The molecular weight excluding hydrogens is 435 g/mol. The predicted molar refractivity (Wildman–Crippen MR) is 135 cm³/mol. The van der Waals surface area contributed by atoms with Crippen molar-refractivity contribution in [2.75, 3.05) is 33.0 Å².